The predicted octanol–water partition coefficient (Wildman–Crippen LogP) is 1.67. The van der Waals surface area contributed by atoms with E-state index in [0.29, 0.717) is 11.3 Å². The molecule has 0 spiro atoms. The Balaban J connectivity index is 1.88. The Morgan fingerprint density at radius 3 is 2.72 bits per heavy atom. The van der Waals surface area contributed by atoms with Gasteiger partial charge in [-0.2, -0.15) is 0 Å². The number of nitrogens with one attached hydrogen (secondary N) is 2. The van der Waals surface area contributed by atoms with Gasteiger partial charge in [-0.3, -0.25) is 19.7 Å². The Morgan fingerprint density at radius 2 is 2.08 bits per heavy atom. The minimum Gasteiger partial charge on any atom is -0.467 e. The zero-order valence-electron chi connectivity index (χ0n) is 13.4. The summed E-state index contributed by atoms with van der Waals surface area (Å²) in [5.41, 5.74) is 0.293. The first-order valence-corrected chi connectivity index (χ1v) is 7.44. The first-order chi connectivity index (χ1) is 11.9. The van der Waals surface area contributed by atoms with Crippen LogP contribution in [-0.2, 0) is 9.59 Å². The van der Waals surface area contributed by atoms with Gasteiger partial charge in [0.2, 0.25) is 0 Å². The van der Waals surface area contributed by atoms with Gasteiger partial charge in [-0.15, -0.1) is 0 Å². The number of hydrogen-bond donors (Lipinski definition) is 3. The molecule has 1 heterocycles. The number of carbonyl (C=O) groups is 2. The number of aliphatic hydroxyl groups excluding tert-OH is 1. The van der Waals surface area contributed by atoms with Crippen LogP contribution in [-0.4, -0.2) is 28.4 Å². The standard InChI is InChI=1S/C16H17N3O6/c1-10-4-5-11(12(9-10)19(23)24)18-16(22)15(21)17-7-6-13(20)14-3-2-8-25-14/h2-5,8-9,13,20H,6-7H2,1H3,(H,17,21)(H,18,22). The van der Waals surface area contributed by atoms with Gasteiger partial charge in [0, 0.05) is 12.6 Å². The van der Waals surface area contributed by atoms with Crippen LogP contribution in [0.2, 0.25) is 0 Å². The number of anilines is 1. The third-order valence-corrected chi connectivity index (χ3v) is 3.38. The highest BCUT2D eigenvalue weighted by Crippen LogP contribution is 2.25. The zero-order valence-corrected chi connectivity index (χ0v) is 13.4. The molecule has 0 saturated heterocycles. The third kappa shape index (κ3) is 4.88. The average molecular weight is 347 g/mol. The highest BCUT2D eigenvalue weighted by molar-refractivity contribution is 6.39. The molecule has 2 amide bonds. The average Bonchev–Trinajstić information content (AvgIpc) is 3.10. The van der Waals surface area contributed by atoms with Gasteiger partial charge in [0.1, 0.15) is 17.6 Å². The van der Waals surface area contributed by atoms with Crippen molar-refractivity contribution in [2.75, 3.05) is 11.9 Å². The second-order valence-corrected chi connectivity index (χ2v) is 5.31. The molecule has 3 N–H and O–H groups in total. The highest BCUT2D eigenvalue weighted by atomic mass is 16.6. The molecule has 9 nitrogen and oxygen atoms in total. The molecule has 132 valence electrons. The van der Waals surface area contributed by atoms with Crippen molar-refractivity contribution in [1.82, 2.24) is 5.32 Å². The van der Waals surface area contributed by atoms with Gasteiger partial charge in [0.05, 0.1) is 11.2 Å². The number of furan rings is 1. The largest absolute Gasteiger partial charge is 0.467 e. The molecule has 0 bridgehead atoms. The SMILES string of the molecule is Cc1ccc(NC(=O)C(=O)NCCC(O)c2ccco2)c([N+](=O)[O-])c1. The molecule has 0 saturated carbocycles. The second kappa shape index (κ2) is 8.06. The highest BCUT2D eigenvalue weighted by Gasteiger charge is 2.20. The monoisotopic (exact) mass is 347 g/mol. The van der Waals surface area contributed by atoms with Crippen LogP contribution >= 0.6 is 0 Å². The summed E-state index contributed by atoms with van der Waals surface area (Å²) in [6.07, 6.45) is 0.660. The molecule has 1 aromatic heterocycles. The summed E-state index contributed by atoms with van der Waals surface area (Å²) >= 11 is 0. The van der Waals surface area contributed by atoms with Crippen LogP contribution in [0.1, 0.15) is 23.8 Å². The van der Waals surface area contributed by atoms with E-state index in [4.69, 9.17) is 4.42 Å². The van der Waals surface area contributed by atoms with Gasteiger partial charge in [-0.1, -0.05) is 6.07 Å². The zero-order chi connectivity index (χ0) is 18.4. The predicted molar refractivity (Wildman–Crippen MR) is 87.8 cm³/mol. The Kier molecular flexibility index (Phi) is 5.85. The molecule has 2 aromatic rings. The van der Waals surface area contributed by atoms with E-state index in [9.17, 15) is 24.8 Å². The molecule has 0 radical (unpaired) electrons. The van der Waals surface area contributed by atoms with Crippen molar-refractivity contribution >= 4 is 23.2 Å². The van der Waals surface area contributed by atoms with Gasteiger partial charge >= 0.3 is 11.8 Å². The van der Waals surface area contributed by atoms with Crippen LogP contribution in [0.25, 0.3) is 0 Å². The van der Waals surface area contributed by atoms with Crippen molar-refractivity contribution in [2.24, 2.45) is 0 Å². The van der Waals surface area contributed by atoms with Gasteiger partial charge in [0.15, 0.2) is 0 Å². The van der Waals surface area contributed by atoms with Crippen molar-refractivity contribution in [3.63, 3.8) is 0 Å². The first-order valence-electron chi connectivity index (χ1n) is 7.44. The summed E-state index contributed by atoms with van der Waals surface area (Å²) in [6.45, 7) is 1.71. The number of benzene rings is 1. The molecule has 1 unspecified atom stereocenters. The molecule has 2 rings (SSSR count). The van der Waals surface area contributed by atoms with Crippen LogP contribution in [0.15, 0.2) is 41.0 Å². The fraction of sp³-hybridized carbons (Fsp3) is 0.250. The summed E-state index contributed by atoms with van der Waals surface area (Å²) in [6, 6.07) is 7.46. The third-order valence-electron chi connectivity index (χ3n) is 3.38. The molecule has 1 aromatic carbocycles. The maximum absolute atomic E-state index is 11.8. The minimum atomic E-state index is -1.03. The summed E-state index contributed by atoms with van der Waals surface area (Å²) in [5.74, 6) is -1.63. The second-order valence-electron chi connectivity index (χ2n) is 5.31. The topological polar surface area (TPSA) is 135 Å². The van der Waals surface area contributed by atoms with E-state index in [1.165, 1.54) is 18.4 Å². The quantitative estimate of drug-likeness (QED) is 0.413. The number of nitro benzene ring substituents is 1. The number of nitrogens with zero attached hydrogens (tertiary/aromatic N) is 1. The maximum atomic E-state index is 11.8. The molecule has 0 aliphatic heterocycles. The Bertz CT molecular complexity index is 772. The van der Waals surface area contributed by atoms with Crippen molar-refractivity contribution in [1.29, 1.82) is 0 Å². The van der Waals surface area contributed by atoms with Gasteiger partial charge in [0.25, 0.3) is 5.69 Å². The number of nitro groups is 1. The van der Waals surface area contributed by atoms with Crippen LogP contribution in [0.3, 0.4) is 0 Å². The van der Waals surface area contributed by atoms with Crippen molar-refractivity contribution < 1.29 is 24.0 Å². The van der Waals surface area contributed by atoms with Crippen LogP contribution in [0.4, 0.5) is 11.4 Å². The number of aryl methyl sites for hydroxylation is 1. The molecule has 9 heteroatoms. The van der Waals surface area contributed by atoms with Crippen LogP contribution in [0, 0.1) is 17.0 Å². The smallest absolute Gasteiger partial charge is 0.313 e. The Labute approximate surface area is 142 Å². The molecule has 0 aliphatic rings. The van der Waals surface area contributed by atoms with E-state index in [2.05, 4.69) is 10.6 Å². The molecule has 0 fully saturated rings. The van der Waals surface area contributed by atoms with Crippen LogP contribution in [0.5, 0.6) is 0 Å². The van der Waals surface area contributed by atoms with E-state index in [1.807, 2.05) is 0 Å². The number of rotatable bonds is 6. The lowest BCUT2D eigenvalue weighted by molar-refractivity contribution is -0.384. The van der Waals surface area contributed by atoms with E-state index >= 15 is 0 Å². The molecular formula is C16H17N3O6. The van der Waals surface area contributed by atoms with Gasteiger partial charge in [-0.05, 0) is 37.1 Å². The van der Waals surface area contributed by atoms with Crippen LogP contribution < -0.4 is 10.6 Å². The van der Waals surface area contributed by atoms with E-state index in [0.717, 1.165) is 0 Å². The lowest BCUT2D eigenvalue weighted by Crippen LogP contribution is -2.36. The number of aliphatic hydroxyl groups is 1. The maximum Gasteiger partial charge on any atom is 0.313 e. The van der Waals surface area contributed by atoms with Crippen molar-refractivity contribution in [2.45, 2.75) is 19.4 Å². The van der Waals surface area contributed by atoms with Crippen molar-refractivity contribution in [3.05, 3.63) is 58.0 Å². The molecular weight excluding hydrogens is 330 g/mol. The van der Waals surface area contributed by atoms with Gasteiger partial charge in [-0.25, -0.2) is 0 Å². The number of hydrogen-bond acceptors (Lipinski definition) is 6. The molecule has 0 aliphatic carbocycles. The van der Waals surface area contributed by atoms with E-state index < -0.39 is 22.8 Å². The number of amides is 2. The van der Waals surface area contributed by atoms with Crippen molar-refractivity contribution in [3.8, 4) is 0 Å². The number of carbonyl (C=O) groups excluding carboxylic acids is 2. The normalized spacial score (nSPS) is 11.6. The van der Waals surface area contributed by atoms with Gasteiger partial charge < -0.3 is 20.2 Å². The Hall–Kier alpha value is -3.20. The Morgan fingerprint density at radius 1 is 1.32 bits per heavy atom. The fourth-order valence-corrected chi connectivity index (χ4v) is 2.10. The summed E-state index contributed by atoms with van der Waals surface area (Å²) in [7, 11) is 0. The summed E-state index contributed by atoms with van der Waals surface area (Å²) < 4.78 is 5.02. The van der Waals surface area contributed by atoms with E-state index in [1.54, 1.807) is 25.1 Å². The summed E-state index contributed by atoms with van der Waals surface area (Å²) in [5, 5.41) is 25.3. The summed E-state index contributed by atoms with van der Waals surface area (Å²) in [4.78, 5) is 34.0. The lowest BCUT2D eigenvalue weighted by atomic mass is 10.2. The molecule has 1 atom stereocenters. The van der Waals surface area contributed by atoms with E-state index in [-0.39, 0.29) is 24.3 Å². The first kappa shape index (κ1) is 18.1. The lowest BCUT2D eigenvalue weighted by Gasteiger charge is -2.09. The fourth-order valence-electron chi connectivity index (χ4n) is 2.10. The minimum absolute atomic E-state index is 0.0319. The molecule has 25 heavy (non-hydrogen) atoms.